The average molecular weight is 755 g/mol. The molecule has 0 fully saturated rings. The molecule has 0 radical (unpaired) electrons. The Morgan fingerprint density at radius 2 is 0.897 bits per heavy atom. The van der Waals surface area contributed by atoms with Gasteiger partial charge in [-0.25, -0.2) is 0 Å². The minimum atomic E-state index is -0.0142. The molecule has 0 spiro atoms. The van der Waals surface area contributed by atoms with Gasteiger partial charge in [-0.1, -0.05) is 190 Å². The number of hydrogen-bond donors (Lipinski definition) is 0. The van der Waals surface area contributed by atoms with Crippen molar-refractivity contribution in [3.63, 3.8) is 0 Å². The quantitative estimate of drug-likeness (QED) is 0.157. The standard InChI is InChI=1S/C57H38S/c1-57(2)49-22-11-10-21-46(49)54-50(57)31-32-51-55(54)47-30-29-37-25-28-40(34-48(37)56(47)58-51)36-23-26-38(27-24-36)52-42-17-6-8-19-44(42)53(45-20-9-7-18-43(45)52)41-16-12-15-39(33-41)35-13-4-3-5-14-35/h3-34H,1-2H3. The molecule has 0 bridgehead atoms. The Bertz CT molecular complexity index is 3400. The molecule has 0 N–H and O–H groups in total. The Kier molecular flexibility index (Phi) is 7.25. The highest BCUT2D eigenvalue weighted by Crippen LogP contribution is 2.54. The molecule has 0 saturated carbocycles. The molecule has 1 heteroatoms. The SMILES string of the molecule is CC1(C)c2ccccc2-c2c1ccc1sc3c4cc(-c5ccc(-c6c7ccccc7c(-c7cccc(-c8ccccc8)c7)c7ccccc67)cc5)ccc4ccc3c21. The zero-order valence-electron chi connectivity index (χ0n) is 32.4. The van der Waals surface area contributed by atoms with E-state index in [9.17, 15) is 0 Å². The molecule has 1 heterocycles. The number of hydrogen-bond acceptors (Lipinski definition) is 1. The average Bonchev–Trinajstić information content (AvgIpc) is 3.78. The summed E-state index contributed by atoms with van der Waals surface area (Å²) in [7, 11) is 0. The molecule has 0 aliphatic heterocycles. The molecular formula is C57H38S. The van der Waals surface area contributed by atoms with Crippen LogP contribution in [0.4, 0.5) is 0 Å². The zero-order valence-corrected chi connectivity index (χ0v) is 33.2. The molecule has 0 atom stereocenters. The van der Waals surface area contributed by atoms with Crippen LogP contribution in [0.2, 0.25) is 0 Å². The third kappa shape index (κ3) is 4.87. The van der Waals surface area contributed by atoms with Gasteiger partial charge in [0.2, 0.25) is 0 Å². The second-order valence-electron chi connectivity index (χ2n) is 16.4. The third-order valence-corrected chi connectivity index (χ3v) is 14.1. The molecule has 12 rings (SSSR count). The second kappa shape index (κ2) is 12.6. The van der Waals surface area contributed by atoms with E-state index in [4.69, 9.17) is 0 Å². The molecule has 1 aliphatic rings. The lowest BCUT2D eigenvalue weighted by Crippen LogP contribution is -2.14. The number of rotatable bonds is 4. The van der Waals surface area contributed by atoms with Crippen molar-refractivity contribution < 1.29 is 0 Å². The van der Waals surface area contributed by atoms with Gasteiger partial charge in [-0.2, -0.15) is 0 Å². The molecule has 0 nitrogen and oxygen atoms in total. The Balaban J connectivity index is 0.986. The smallest absolute Gasteiger partial charge is 0.0434 e. The van der Waals surface area contributed by atoms with Crippen molar-refractivity contribution in [3.05, 3.63) is 205 Å². The lowest BCUT2D eigenvalue weighted by atomic mass is 9.82. The minimum absolute atomic E-state index is 0.0142. The van der Waals surface area contributed by atoms with Gasteiger partial charge in [0.05, 0.1) is 0 Å². The van der Waals surface area contributed by atoms with Crippen molar-refractivity contribution in [1.82, 2.24) is 0 Å². The number of benzene rings is 10. The first-order valence-corrected chi connectivity index (χ1v) is 21.1. The van der Waals surface area contributed by atoms with Gasteiger partial charge >= 0.3 is 0 Å². The van der Waals surface area contributed by atoms with Crippen molar-refractivity contribution in [3.8, 4) is 55.6 Å². The van der Waals surface area contributed by atoms with Gasteiger partial charge in [-0.15, -0.1) is 11.3 Å². The summed E-state index contributed by atoms with van der Waals surface area (Å²) < 4.78 is 2.73. The molecule has 0 unspecified atom stereocenters. The van der Waals surface area contributed by atoms with E-state index in [-0.39, 0.29) is 5.41 Å². The summed E-state index contributed by atoms with van der Waals surface area (Å²) in [6, 6.07) is 72.3. The second-order valence-corrected chi connectivity index (χ2v) is 17.4. The van der Waals surface area contributed by atoms with E-state index in [0.29, 0.717) is 0 Å². The van der Waals surface area contributed by atoms with E-state index < -0.39 is 0 Å². The molecule has 0 saturated heterocycles. The molecular weight excluding hydrogens is 717 g/mol. The van der Waals surface area contributed by atoms with Crippen LogP contribution in [-0.4, -0.2) is 0 Å². The van der Waals surface area contributed by atoms with Crippen molar-refractivity contribution in [2.45, 2.75) is 19.3 Å². The number of thiophene rings is 1. The van der Waals surface area contributed by atoms with Gasteiger partial charge in [0, 0.05) is 31.0 Å². The predicted octanol–water partition coefficient (Wildman–Crippen LogP) is 16.5. The predicted molar refractivity (Wildman–Crippen MR) is 251 cm³/mol. The van der Waals surface area contributed by atoms with E-state index >= 15 is 0 Å². The molecule has 1 aliphatic carbocycles. The fourth-order valence-corrected chi connectivity index (χ4v) is 11.3. The topological polar surface area (TPSA) is 0 Å². The maximum absolute atomic E-state index is 2.42. The Labute approximate surface area is 342 Å². The fourth-order valence-electron chi connectivity index (χ4n) is 10.1. The first-order valence-electron chi connectivity index (χ1n) is 20.3. The van der Waals surface area contributed by atoms with Crippen molar-refractivity contribution in [2.24, 2.45) is 0 Å². The summed E-state index contributed by atoms with van der Waals surface area (Å²) in [5.41, 5.74) is 15.6. The Morgan fingerprint density at radius 3 is 1.64 bits per heavy atom. The molecule has 272 valence electrons. The highest BCUT2D eigenvalue weighted by molar-refractivity contribution is 7.26. The first kappa shape index (κ1) is 33.4. The van der Waals surface area contributed by atoms with Crippen molar-refractivity contribution in [2.75, 3.05) is 0 Å². The van der Waals surface area contributed by atoms with Crippen LogP contribution >= 0.6 is 11.3 Å². The summed E-state index contributed by atoms with van der Waals surface area (Å²) in [4.78, 5) is 0. The highest BCUT2D eigenvalue weighted by atomic mass is 32.1. The van der Waals surface area contributed by atoms with Gasteiger partial charge < -0.3 is 0 Å². The first-order chi connectivity index (χ1) is 28.5. The van der Waals surface area contributed by atoms with E-state index in [1.807, 2.05) is 11.3 Å². The summed E-state index contributed by atoms with van der Waals surface area (Å²) in [6.07, 6.45) is 0. The Hall–Kier alpha value is -6.80. The van der Waals surface area contributed by atoms with Gasteiger partial charge in [-0.3, -0.25) is 0 Å². The van der Waals surface area contributed by atoms with Crippen LogP contribution in [0, 0.1) is 0 Å². The summed E-state index contributed by atoms with van der Waals surface area (Å²) in [6.45, 7) is 4.74. The van der Waals surface area contributed by atoms with Crippen LogP contribution < -0.4 is 0 Å². The summed E-state index contributed by atoms with van der Waals surface area (Å²) >= 11 is 1.94. The molecule has 0 amide bonds. The van der Waals surface area contributed by atoms with Crippen LogP contribution in [0.1, 0.15) is 25.0 Å². The number of fused-ring (bicyclic) bond motifs is 11. The molecule has 1 aromatic heterocycles. The summed E-state index contributed by atoms with van der Waals surface area (Å²) in [5.74, 6) is 0. The van der Waals surface area contributed by atoms with E-state index in [2.05, 4.69) is 208 Å². The normalized spacial score (nSPS) is 13.1. The zero-order chi connectivity index (χ0) is 38.5. The van der Waals surface area contributed by atoms with Crippen molar-refractivity contribution in [1.29, 1.82) is 0 Å². The van der Waals surface area contributed by atoms with Gasteiger partial charge in [0.1, 0.15) is 0 Å². The minimum Gasteiger partial charge on any atom is -0.135 e. The van der Waals surface area contributed by atoms with E-state index in [0.717, 1.165) is 0 Å². The van der Waals surface area contributed by atoms with Crippen LogP contribution in [0.5, 0.6) is 0 Å². The molecule has 10 aromatic carbocycles. The fraction of sp³-hybridized carbons (Fsp3) is 0.0526. The van der Waals surface area contributed by atoms with Crippen LogP contribution in [0.15, 0.2) is 194 Å². The Morgan fingerprint density at radius 1 is 0.345 bits per heavy atom. The van der Waals surface area contributed by atoms with E-state index in [1.165, 1.54) is 119 Å². The van der Waals surface area contributed by atoms with Gasteiger partial charge in [-0.05, 0) is 112 Å². The highest BCUT2D eigenvalue weighted by Gasteiger charge is 2.36. The molecule has 58 heavy (non-hydrogen) atoms. The third-order valence-electron chi connectivity index (χ3n) is 12.9. The summed E-state index contributed by atoms with van der Waals surface area (Å²) in [5, 5.41) is 10.4. The monoisotopic (exact) mass is 754 g/mol. The lowest BCUT2D eigenvalue weighted by molar-refractivity contribution is 0.661. The van der Waals surface area contributed by atoms with Gasteiger partial charge in [0.15, 0.2) is 0 Å². The lowest BCUT2D eigenvalue weighted by Gasteiger charge is -2.21. The molecule has 11 aromatic rings. The maximum atomic E-state index is 2.42. The largest absolute Gasteiger partial charge is 0.135 e. The van der Waals surface area contributed by atoms with Crippen LogP contribution in [0.3, 0.4) is 0 Å². The van der Waals surface area contributed by atoms with Crippen LogP contribution in [-0.2, 0) is 5.41 Å². The van der Waals surface area contributed by atoms with Gasteiger partial charge in [0.25, 0.3) is 0 Å². The van der Waals surface area contributed by atoms with Crippen molar-refractivity contribution >= 4 is 63.8 Å². The maximum Gasteiger partial charge on any atom is 0.0434 e. The van der Waals surface area contributed by atoms with Crippen LogP contribution in [0.25, 0.3) is 108 Å². The van der Waals surface area contributed by atoms with E-state index in [1.54, 1.807) is 0 Å².